The van der Waals surface area contributed by atoms with Gasteiger partial charge in [-0.15, -0.1) is 0 Å². The minimum Gasteiger partial charge on any atom is -0.480 e. The summed E-state index contributed by atoms with van der Waals surface area (Å²) in [5.41, 5.74) is 6.32. The van der Waals surface area contributed by atoms with E-state index in [0.29, 0.717) is 12.1 Å². The molecule has 0 heterocycles. The van der Waals surface area contributed by atoms with Gasteiger partial charge in [0.25, 0.3) is 5.91 Å². The average Bonchev–Trinajstić information content (AvgIpc) is 2.66. The van der Waals surface area contributed by atoms with E-state index in [0.717, 1.165) is 5.56 Å². The van der Waals surface area contributed by atoms with Gasteiger partial charge in [0.1, 0.15) is 6.54 Å². The van der Waals surface area contributed by atoms with Gasteiger partial charge < -0.3 is 21.5 Å². The summed E-state index contributed by atoms with van der Waals surface area (Å²) in [6.45, 7) is 1.97. The zero-order valence-corrected chi connectivity index (χ0v) is 16.5. The van der Waals surface area contributed by atoms with Crippen LogP contribution in [0.5, 0.6) is 0 Å². The van der Waals surface area contributed by atoms with Gasteiger partial charge in [-0.1, -0.05) is 19.1 Å². The van der Waals surface area contributed by atoms with E-state index in [2.05, 4.69) is 36.4 Å². The number of carbonyl (C=O) groups is 3. The molecule has 0 aliphatic carbocycles. The maximum Gasteiger partial charge on any atom is 0.322 e. The zero-order valence-electron chi connectivity index (χ0n) is 14.7. The van der Waals surface area contributed by atoms with E-state index in [1.165, 1.54) is 5.75 Å². The SMILES string of the molecule is CCSC.CS.NCC(=O)NCc1ccc(C(=O)NCC(=O)O)cc1. The van der Waals surface area contributed by atoms with Crippen molar-refractivity contribution in [3.05, 3.63) is 35.4 Å². The van der Waals surface area contributed by atoms with Crippen LogP contribution in [0.2, 0.25) is 0 Å². The third kappa shape index (κ3) is 14.3. The molecule has 7 nitrogen and oxygen atoms in total. The van der Waals surface area contributed by atoms with Crippen LogP contribution in [0.1, 0.15) is 22.8 Å². The highest BCUT2D eigenvalue weighted by Crippen LogP contribution is 2.04. The van der Waals surface area contributed by atoms with E-state index in [1.54, 1.807) is 30.5 Å². The van der Waals surface area contributed by atoms with Crippen LogP contribution in [0.3, 0.4) is 0 Å². The van der Waals surface area contributed by atoms with Crippen molar-refractivity contribution in [2.75, 3.05) is 31.4 Å². The van der Waals surface area contributed by atoms with Gasteiger partial charge in [0, 0.05) is 12.1 Å². The van der Waals surface area contributed by atoms with Crippen molar-refractivity contribution in [3.8, 4) is 0 Å². The number of amides is 2. The Morgan fingerprint density at radius 1 is 1.16 bits per heavy atom. The summed E-state index contributed by atoms with van der Waals surface area (Å²) in [4.78, 5) is 32.8. The van der Waals surface area contributed by atoms with E-state index >= 15 is 0 Å². The van der Waals surface area contributed by atoms with Gasteiger partial charge in [-0.3, -0.25) is 14.4 Å². The molecule has 0 saturated heterocycles. The first-order chi connectivity index (χ1) is 11.9. The number of aliphatic carboxylic acids is 1. The van der Waals surface area contributed by atoms with Crippen molar-refractivity contribution in [2.24, 2.45) is 5.73 Å². The Kier molecular flexibility index (Phi) is 17.5. The monoisotopic (exact) mass is 389 g/mol. The number of thioether (sulfide) groups is 1. The second kappa shape index (κ2) is 17.1. The van der Waals surface area contributed by atoms with Gasteiger partial charge in [0.05, 0.1) is 6.54 Å². The van der Waals surface area contributed by atoms with Crippen molar-refractivity contribution in [3.63, 3.8) is 0 Å². The third-order valence-electron chi connectivity index (χ3n) is 2.58. The molecule has 0 spiro atoms. The Balaban J connectivity index is 0. The molecule has 1 aromatic rings. The molecule has 0 bridgehead atoms. The maximum absolute atomic E-state index is 11.5. The molecule has 1 aromatic carbocycles. The molecule has 0 radical (unpaired) electrons. The minimum atomic E-state index is -1.10. The smallest absolute Gasteiger partial charge is 0.322 e. The lowest BCUT2D eigenvalue weighted by Gasteiger charge is -2.05. The lowest BCUT2D eigenvalue weighted by atomic mass is 10.1. The molecular weight excluding hydrogens is 362 g/mol. The van der Waals surface area contributed by atoms with Crippen molar-refractivity contribution >= 4 is 42.2 Å². The van der Waals surface area contributed by atoms with Crippen molar-refractivity contribution in [2.45, 2.75) is 13.5 Å². The number of rotatable bonds is 7. The topological polar surface area (TPSA) is 122 Å². The molecule has 142 valence electrons. The Labute approximate surface area is 158 Å². The van der Waals surface area contributed by atoms with E-state index in [9.17, 15) is 14.4 Å². The number of hydrogen-bond acceptors (Lipinski definition) is 6. The highest BCUT2D eigenvalue weighted by atomic mass is 32.2. The molecule has 0 unspecified atom stereocenters. The van der Waals surface area contributed by atoms with Crippen molar-refractivity contribution in [1.29, 1.82) is 0 Å². The second-order valence-corrected chi connectivity index (χ2v) is 5.49. The fourth-order valence-electron chi connectivity index (χ4n) is 1.30. The molecule has 25 heavy (non-hydrogen) atoms. The van der Waals surface area contributed by atoms with E-state index in [4.69, 9.17) is 10.8 Å². The van der Waals surface area contributed by atoms with E-state index < -0.39 is 18.4 Å². The number of benzene rings is 1. The second-order valence-electron chi connectivity index (χ2n) is 4.33. The van der Waals surface area contributed by atoms with Crippen LogP contribution in [0.15, 0.2) is 24.3 Å². The molecule has 0 aliphatic rings. The van der Waals surface area contributed by atoms with Gasteiger partial charge in [0.15, 0.2) is 0 Å². The molecule has 0 aliphatic heterocycles. The normalized spacial score (nSPS) is 8.84. The Morgan fingerprint density at radius 3 is 2.08 bits per heavy atom. The quantitative estimate of drug-likeness (QED) is 0.444. The molecule has 0 saturated carbocycles. The van der Waals surface area contributed by atoms with Crippen LogP contribution in [-0.2, 0) is 16.1 Å². The molecule has 0 aromatic heterocycles. The van der Waals surface area contributed by atoms with Crippen molar-refractivity contribution in [1.82, 2.24) is 10.6 Å². The van der Waals surface area contributed by atoms with Gasteiger partial charge in [-0.05, 0) is 36.0 Å². The standard InChI is InChI=1S/C12H15N3O4.C3H8S.CH4S/c13-5-10(16)14-6-8-1-3-9(4-2-8)12(19)15-7-11(17)18;1-3-4-2;1-2/h1-4H,5-7,13H2,(H,14,16)(H,15,19)(H,17,18);3H2,1-2H3;2H,1H3. The number of hydrogen-bond donors (Lipinski definition) is 5. The summed E-state index contributed by atoms with van der Waals surface area (Å²) in [6.07, 6.45) is 3.79. The lowest BCUT2D eigenvalue weighted by molar-refractivity contribution is -0.135. The van der Waals surface area contributed by atoms with Crippen LogP contribution in [-0.4, -0.2) is 54.2 Å². The number of nitrogens with two attached hydrogens (primary N) is 1. The summed E-state index contributed by atoms with van der Waals surface area (Å²) in [6, 6.07) is 6.46. The number of thiol groups is 1. The van der Waals surface area contributed by atoms with Crippen LogP contribution >= 0.6 is 24.4 Å². The highest BCUT2D eigenvalue weighted by Gasteiger charge is 2.07. The van der Waals surface area contributed by atoms with E-state index in [-0.39, 0.29) is 12.5 Å². The van der Waals surface area contributed by atoms with Gasteiger partial charge in [-0.25, -0.2) is 0 Å². The lowest BCUT2D eigenvalue weighted by Crippen LogP contribution is -2.30. The number of carboxylic acid groups (broad SMARTS) is 1. The molecular formula is C16H27N3O4S2. The minimum absolute atomic E-state index is 0.0737. The van der Waals surface area contributed by atoms with Gasteiger partial charge >= 0.3 is 5.97 Å². The first kappa shape index (κ1) is 25.5. The summed E-state index contributed by atoms with van der Waals surface area (Å²) in [5, 5.41) is 13.3. The predicted molar refractivity (Wildman–Crippen MR) is 106 cm³/mol. The third-order valence-corrected chi connectivity index (χ3v) is 3.16. The highest BCUT2D eigenvalue weighted by molar-refractivity contribution is 7.98. The van der Waals surface area contributed by atoms with Crippen LogP contribution in [0, 0.1) is 0 Å². The van der Waals surface area contributed by atoms with Gasteiger partial charge in [0.2, 0.25) is 5.91 Å². The molecule has 1 rings (SSSR count). The fourth-order valence-corrected chi connectivity index (χ4v) is 1.30. The average molecular weight is 390 g/mol. The number of nitrogens with one attached hydrogen (secondary N) is 2. The largest absolute Gasteiger partial charge is 0.480 e. The van der Waals surface area contributed by atoms with Crippen LogP contribution in [0.25, 0.3) is 0 Å². The molecule has 2 amide bonds. The molecule has 9 heteroatoms. The first-order valence-electron chi connectivity index (χ1n) is 7.43. The summed E-state index contributed by atoms with van der Waals surface area (Å²) in [5.74, 6) is -0.585. The predicted octanol–water partition coefficient (Wildman–Crippen LogP) is 0.991. The Morgan fingerprint density at radius 2 is 1.68 bits per heavy atom. The maximum atomic E-state index is 11.5. The fraction of sp³-hybridized carbons (Fsp3) is 0.438. The van der Waals surface area contributed by atoms with Crippen LogP contribution in [0.4, 0.5) is 0 Å². The Bertz CT molecular complexity index is 509. The van der Waals surface area contributed by atoms with Crippen molar-refractivity contribution < 1.29 is 19.5 Å². The summed E-state index contributed by atoms with van der Waals surface area (Å²) >= 11 is 5.38. The molecule has 5 N–H and O–H groups in total. The zero-order chi connectivity index (χ0) is 19.7. The molecule has 0 fully saturated rings. The number of carbonyl (C=O) groups excluding carboxylic acids is 2. The number of carboxylic acids is 1. The summed E-state index contributed by atoms with van der Waals surface area (Å²) < 4.78 is 0. The van der Waals surface area contributed by atoms with E-state index in [1.807, 2.05) is 11.8 Å². The molecule has 0 atom stereocenters. The summed E-state index contributed by atoms with van der Waals surface area (Å²) in [7, 11) is 0. The first-order valence-corrected chi connectivity index (χ1v) is 9.72. The van der Waals surface area contributed by atoms with Gasteiger partial charge in [-0.2, -0.15) is 24.4 Å². The Hall–Kier alpha value is -1.71. The van der Waals surface area contributed by atoms with Crippen LogP contribution < -0.4 is 16.4 Å².